The van der Waals surface area contributed by atoms with Gasteiger partial charge in [-0.2, -0.15) is 0 Å². The van der Waals surface area contributed by atoms with Crippen LogP contribution in [0.4, 0.5) is 0 Å². The molecule has 1 aromatic carbocycles. The highest BCUT2D eigenvalue weighted by atomic mass is 16.5. The molecule has 23 heavy (non-hydrogen) atoms. The van der Waals surface area contributed by atoms with Gasteiger partial charge in [0.2, 0.25) is 0 Å². The van der Waals surface area contributed by atoms with Gasteiger partial charge in [0, 0.05) is 18.2 Å². The van der Waals surface area contributed by atoms with E-state index < -0.39 is 0 Å². The van der Waals surface area contributed by atoms with E-state index in [1.165, 1.54) is 0 Å². The monoisotopic (exact) mass is 312 g/mol. The SMILES string of the molecule is COc1cccnc1CN=C(N)NC1CCOc2ccccc21. The number of nitrogens with two attached hydrogens (primary N) is 1. The molecule has 1 aromatic heterocycles. The van der Waals surface area contributed by atoms with Crippen LogP contribution < -0.4 is 20.5 Å². The van der Waals surface area contributed by atoms with E-state index in [0.29, 0.717) is 24.9 Å². The molecule has 0 spiro atoms. The van der Waals surface area contributed by atoms with E-state index in [9.17, 15) is 0 Å². The van der Waals surface area contributed by atoms with Gasteiger partial charge in [0.05, 0.1) is 26.3 Å². The van der Waals surface area contributed by atoms with Crippen molar-refractivity contribution in [3.8, 4) is 11.5 Å². The molecule has 2 heterocycles. The lowest BCUT2D eigenvalue weighted by molar-refractivity contribution is 0.262. The van der Waals surface area contributed by atoms with Crippen molar-refractivity contribution in [2.45, 2.75) is 19.0 Å². The summed E-state index contributed by atoms with van der Waals surface area (Å²) in [5.74, 6) is 2.00. The summed E-state index contributed by atoms with van der Waals surface area (Å²) in [7, 11) is 1.62. The summed E-state index contributed by atoms with van der Waals surface area (Å²) >= 11 is 0. The first-order valence-electron chi connectivity index (χ1n) is 7.54. The topological polar surface area (TPSA) is 81.8 Å². The molecule has 0 bridgehead atoms. The van der Waals surface area contributed by atoms with Crippen LogP contribution in [-0.4, -0.2) is 24.7 Å². The predicted octanol–water partition coefficient (Wildman–Crippen LogP) is 2.02. The number of hydrogen-bond donors (Lipinski definition) is 2. The molecule has 0 saturated heterocycles. The highest BCUT2D eigenvalue weighted by Crippen LogP contribution is 2.31. The molecule has 2 aromatic rings. The highest BCUT2D eigenvalue weighted by Gasteiger charge is 2.21. The summed E-state index contributed by atoms with van der Waals surface area (Å²) in [6.07, 6.45) is 2.56. The third kappa shape index (κ3) is 3.53. The van der Waals surface area contributed by atoms with Gasteiger partial charge >= 0.3 is 0 Å². The fraction of sp³-hybridized carbons (Fsp3) is 0.294. The number of aliphatic imine (C=N–C) groups is 1. The summed E-state index contributed by atoms with van der Waals surface area (Å²) in [6, 6.07) is 11.8. The quantitative estimate of drug-likeness (QED) is 0.667. The third-order valence-electron chi connectivity index (χ3n) is 3.75. The first kappa shape index (κ1) is 15.1. The Kier molecular flexibility index (Phi) is 4.61. The van der Waals surface area contributed by atoms with E-state index >= 15 is 0 Å². The number of ether oxygens (including phenoxy) is 2. The van der Waals surface area contributed by atoms with E-state index in [1.54, 1.807) is 13.3 Å². The van der Waals surface area contributed by atoms with Gasteiger partial charge < -0.3 is 20.5 Å². The zero-order valence-electron chi connectivity index (χ0n) is 13.0. The van der Waals surface area contributed by atoms with E-state index in [2.05, 4.69) is 15.3 Å². The second-order valence-corrected chi connectivity index (χ2v) is 5.23. The normalized spacial score (nSPS) is 17.1. The van der Waals surface area contributed by atoms with Crippen LogP contribution in [0, 0.1) is 0 Å². The molecule has 3 rings (SSSR count). The summed E-state index contributed by atoms with van der Waals surface area (Å²) in [6.45, 7) is 1.03. The maximum absolute atomic E-state index is 6.03. The molecule has 0 amide bonds. The summed E-state index contributed by atoms with van der Waals surface area (Å²) < 4.78 is 10.9. The van der Waals surface area contributed by atoms with Gasteiger partial charge in [-0.1, -0.05) is 18.2 Å². The second-order valence-electron chi connectivity index (χ2n) is 5.23. The maximum atomic E-state index is 6.03. The molecule has 0 radical (unpaired) electrons. The van der Waals surface area contributed by atoms with Crippen molar-refractivity contribution < 1.29 is 9.47 Å². The van der Waals surface area contributed by atoms with Crippen molar-refractivity contribution >= 4 is 5.96 Å². The van der Waals surface area contributed by atoms with Gasteiger partial charge in [-0.05, 0) is 18.2 Å². The molecule has 0 fully saturated rings. The Balaban J connectivity index is 1.69. The summed E-state index contributed by atoms with van der Waals surface area (Å²) in [5.41, 5.74) is 7.89. The van der Waals surface area contributed by atoms with Crippen LogP contribution in [0.5, 0.6) is 11.5 Å². The molecular weight excluding hydrogens is 292 g/mol. The number of nitrogens with zero attached hydrogens (tertiary/aromatic N) is 2. The molecular formula is C17H20N4O2. The smallest absolute Gasteiger partial charge is 0.189 e. The van der Waals surface area contributed by atoms with Gasteiger partial charge in [0.15, 0.2) is 5.96 Å². The standard InChI is InChI=1S/C17H20N4O2/c1-22-16-7-4-9-19-14(16)11-20-17(18)21-13-8-10-23-15-6-3-2-5-12(13)15/h2-7,9,13H,8,10-11H2,1H3,(H3,18,20,21). The van der Waals surface area contributed by atoms with Crippen LogP contribution in [0.25, 0.3) is 0 Å². The van der Waals surface area contributed by atoms with Crippen molar-refractivity contribution in [3.05, 3.63) is 53.9 Å². The van der Waals surface area contributed by atoms with Crippen molar-refractivity contribution in [1.29, 1.82) is 0 Å². The number of nitrogens with one attached hydrogen (secondary N) is 1. The lowest BCUT2D eigenvalue weighted by atomic mass is 10.0. The Bertz CT molecular complexity index is 702. The minimum Gasteiger partial charge on any atom is -0.495 e. The number of methoxy groups -OCH3 is 1. The molecule has 1 unspecified atom stereocenters. The summed E-state index contributed by atoms with van der Waals surface area (Å²) in [4.78, 5) is 8.64. The number of guanidine groups is 1. The van der Waals surface area contributed by atoms with Crippen molar-refractivity contribution in [3.63, 3.8) is 0 Å². The van der Waals surface area contributed by atoms with Crippen LogP contribution in [-0.2, 0) is 6.54 Å². The average molecular weight is 312 g/mol. The first-order chi connectivity index (χ1) is 11.3. The number of benzene rings is 1. The highest BCUT2D eigenvalue weighted by molar-refractivity contribution is 5.78. The third-order valence-corrected chi connectivity index (χ3v) is 3.75. The molecule has 1 aliphatic heterocycles. The number of rotatable bonds is 4. The van der Waals surface area contributed by atoms with Crippen molar-refractivity contribution in [2.24, 2.45) is 10.7 Å². The Morgan fingerprint density at radius 1 is 1.39 bits per heavy atom. The minimum absolute atomic E-state index is 0.106. The maximum Gasteiger partial charge on any atom is 0.189 e. The first-order valence-corrected chi connectivity index (χ1v) is 7.54. The molecule has 6 heteroatoms. The Morgan fingerprint density at radius 2 is 2.26 bits per heavy atom. The molecule has 6 nitrogen and oxygen atoms in total. The zero-order chi connectivity index (χ0) is 16.1. The van der Waals surface area contributed by atoms with Crippen molar-refractivity contribution in [1.82, 2.24) is 10.3 Å². The van der Waals surface area contributed by atoms with E-state index in [-0.39, 0.29) is 6.04 Å². The molecule has 3 N–H and O–H groups in total. The Labute approximate surface area is 135 Å². The Hall–Kier alpha value is -2.76. The molecule has 0 saturated carbocycles. The predicted molar refractivity (Wildman–Crippen MR) is 88.5 cm³/mol. The Morgan fingerprint density at radius 3 is 3.13 bits per heavy atom. The second kappa shape index (κ2) is 7.00. The van der Waals surface area contributed by atoms with E-state index in [4.69, 9.17) is 15.2 Å². The van der Waals surface area contributed by atoms with Crippen LogP contribution in [0.3, 0.4) is 0 Å². The van der Waals surface area contributed by atoms with Gasteiger partial charge in [-0.25, -0.2) is 4.99 Å². The lowest BCUT2D eigenvalue weighted by Gasteiger charge is -2.26. The van der Waals surface area contributed by atoms with Crippen LogP contribution >= 0.6 is 0 Å². The number of hydrogen-bond acceptors (Lipinski definition) is 4. The van der Waals surface area contributed by atoms with Crippen LogP contribution in [0.2, 0.25) is 0 Å². The van der Waals surface area contributed by atoms with Gasteiger partial charge in [0.1, 0.15) is 17.2 Å². The zero-order valence-corrected chi connectivity index (χ0v) is 13.0. The average Bonchev–Trinajstić information content (AvgIpc) is 2.60. The summed E-state index contributed by atoms with van der Waals surface area (Å²) in [5, 5.41) is 3.26. The largest absolute Gasteiger partial charge is 0.495 e. The minimum atomic E-state index is 0.106. The number of pyridine rings is 1. The fourth-order valence-electron chi connectivity index (χ4n) is 2.60. The number of fused-ring (bicyclic) bond motifs is 1. The lowest BCUT2D eigenvalue weighted by Crippen LogP contribution is -2.37. The molecule has 0 aliphatic carbocycles. The van der Waals surface area contributed by atoms with Crippen molar-refractivity contribution in [2.75, 3.05) is 13.7 Å². The fourth-order valence-corrected chi connectivity index (χ4v) is 2.60. The molecule has 120 valence electrons. The van der Waals surface area contributed by atoms with E-state index in [0.717, 1.165) is 23.4 Å². The van der Waals surface area contributed by atoms with E-state index in [1.807, 2.05) is 36.4 Å². The van der Waals surface area contributed by atoms with Gasteiger partial charge in [-0.15, -0.1) is 0 Å². The van der Waals surface area contributed by atoms with Gasteiger partial charge in [-0.3, -0.25) is 4.98 Å². The number of para-hydroxylation sites is 1. The van der Waals surface area contributed by atoms with Crippen LogP contribution in [0.1, 0.15) is 23.7 Å². The van der Waals surface area contributed by atoms with Gasteiger partial charge in [0.25, 0.3) is 0 Å². The molecule has 1 atom stereocenters. The number of aromatic nitrogens is 1. The van der Waals surface area contributed by atoms with Crippen LogP contribution in [0.15, 0.2) is 47.6 Å². The molecule has 1 aliphatic rings.